The summed E-state index contributed by atoms with van der Waals surface area (Å²) in [4.78, 5) is 11.0. The number of nitrogens with zero attached hydrogens (tertiary/aromatic N) is 1. The highest BCUT2D eigenvalue weighted by atomic mass is 19.1. The van der Waals surface area contributed by atoms with E-state index in [2.05, 4.69) is 0 Å². The van der Waals surface area contributed by atoms with E-state index in [1.165, 1.54) is 25.3 Å². The van der Waals surface area contributed by atoms with Crippen molar-refractivity contribution in [2.75, 3.05) is 7.11 Å². The topological polar surface area (TPSA) is 50.1 Å². The van der Waals surface area contributed by atoms with Crippen LogP contribution < -0.4 is 4.74 Å². The van der Waals surface area contributed by atoms with Gasteiger partial charge in [-0.25, -0.2) is 4.39 Å². The number of halogens is 1. The Balaban J connectivity index is 2.60. The van der Waals surface area contributed by atoms with Gasteiger partial charge in [-0.1, -0.05) is 12.1 Å². The predicted octanol–water partition coefficient (Wildman–Crippen LogP) is 3.19. The molecule has 3 nitrogen and oxygen atoms in total. The van der Waals surface area contributed by atoms with Crippen LogP contribution in [0.1, 0.15) is 15.9 Å². The average Bonchev–Trinajstić information content (AvgIpc) is 2.46. The normalized spacial score (nSPS) is 9.74. The Kier molecular flexibility index (Phi) is 3.58. The molecule has 0 radical (unpaired) electrons. The standard InChI is InChI=1S/C15H10FNO2/c1-19-15-5-2-10(6-12(15)9-18)14-4-3-13(16)7-11(14)8-17/h2-7,9H,1H3. The quantitative estimate of drug-likeness (QED) is 0.791. The van der Waals surface area contributed by atoms with E-state index in [-0.39, 0.29) is 5.56 Å². The van der Waals surface area contributed by atoms with Gasteiger partial charge in [-0.2, -0.15) is 5.26 Å². The Labute approximate surface area is 109 Å². The largest absolute Gasteiger partial charge is 0.496 e. The first-order valence-electron chi connectivity index (χ1n) is 5.53. The molecule has 0 saturated heterocycles. The van der Waals surface area contributed by atoms with Crippen LogP contribution in [0.15, 0.2) is 36.4 Å². The summed E-state index contributed by atoms with van der Waals surface area (Å²) < 4.78 is 18.1. The van der Waals surface area contributed by atoms with Crippen molar-refractivity contribution in [3.05, 3.63) is 53.3 Å². The van der Waals surface area contributed by atoms with E-state index in [4.69, 9.17) is 10.00 Å². The third-order valence-corrected chi connectivity index (χ3v) is 2.77. The second-order valence-corrected chi connectivity index (χ2v) is 3.88. The molecule has 19 heavy (non-hydrogen) atoms. The molecule has 0 bridgehead atoms. The molecule has 0 atom stereocenters. The molecule has 0 unspecified atom stereocenters. The fourth-order valence-electron chi connectivity index (χ4n) is 1.85. The van der Waals surface area contributed by atoms with Gasteiger partial charge in [0.15, 0.2) is 6.29 Å². The Morgan fingerprint density at radius 1 is 1.26 bits per heavy atom. The fraction of sp³-hybridized carbons (Fsp3) is 0.0667. The number of hydrogen-bond donors (Lipinski definition) is 0. The molecule has 94 valence electrons. The van der Waals surface area contributed by atoms with E-state index in [1.54, 1.807) is 18.2 Å². The molecular formula is C15H10FNO2. The van der Waals surface area contributed by atoms with Crippen molar-refractivity contribution in [3.8, 4) is 22.9 Å². The van der Waals surface area contributed by atoms with E-state index >= 15 is 0 Å². The number of methoxy groups -OCH3 is 1. The minimum Gasteiger partial charge on any atom is -0.496 e. The summed E-state index contributed by atoms with van der Waals surface area (Å²) in [5, 5.41) is 9.02. The number of carbonyl (C=O) groups excluding carboxylic acids is 1. The Bertz CT molecular complexity index is 674. The van der Waals surface area contributed by atoms with E-state index < -0.39 is 5.82 Å². The maximum atomic E-state index is 13.1. The number of hydrogen-bond acceptors (Lipinski definition) is 3. The lowest BCUT2D eigenvalue weighted by molar-refractivity contribution is 0.112. The van der Waals surface area contributed by atoms with Crippen molar-refractivity contribution in [1.82, 2.24) is 0 Å². The third-order valence-electron chi connectivity index (χ3n) is 2.77. The van der Waals surface area contributed by atoms with Gasteiger partial charge in [0.05, 0.1) is 24.3 Å². The molecule has 0 heterocycles. The van der Waals surface area contributed by atoms with Crippen LogP contribution in [0.4, 0.5) is 4.39 Å². The van der Waals surface area contributed by atoms with Crippen molar-refractivity contribution in [2.45, 2.75) is 0 Å². The third kappa shape index (κ3) is 2.45. The first-order chi connectivity index (χ1) is 9.19. The molecule has 2 aromatic carbocycles. The number of carbonyl (C=O) groups is 1. The van der Waals surface area contributed by atoms with Crippen LogP contribution >= 0.6 is 0 Å². The van der Waals surface area contributed by atoms with Gasteiger partial charge < -0.3 is 4.74 Å². The zero-order chi connectivity index (χ0) is 13.8. The van der Waals surface area contributed by atoms with Crippen LogP contribution in [0.25, 0.3) is 11.1 Å². The lowest BCUT2D eigenvalue weighted by Crippen LogP contribution is -1.92. The van der Waals surface area contributed by atoms with Crippen LogP contribution in [0.2, 0.25) is 0 Å². The van der Waals surface area contributed by atoms with Crippen LogP contribution in [0.3, 0.4) is 0 Å². The zero-order valence-corrected chi connectivity index (χ0v) is 10.2. The summed E-state index contributed by atoms with van der Waals surface area (Å²) in [6.07, 6.45) is 0.678. The Hall–Kier alpha value is -2.67. The summed E-state index contributed by atoms with van der Waals surface area (Å²) in [6, 6.07) is 10.9. The lowest BCUT2D eigenvalue weighted by atomic mass is 9.98. The maximum Gasteiger partial charge on any atom is 0.153 e. The van der Waals surface area contributed by atoms with Gasteiger partial charge in [-0.05, 0) is 35.4 Å². The Morgan fingerprint density at radius 2 is 2.05 bits per heavy atom. The van der Waals surface area contributed by atoms with Gasteiger partial charge in [-0.3, -0.25) is 4.79 Å². The average molecular weight is 255 g/mol. The van der Waals surface area contributed by atoms with Gasteiger partial charge in [0.1, 0.15) is 11.6 Å². The molecule has 0 spiro atoms. The van der Waals surface area contributed by atoms with Gasteiger partial charge >= 0.3 is 0 Å². The molecule has 0 fully saturated rings. The molecule has 0 aromatic heterocycles. The van der Waals surface area contributed by atoms with E-state index in [0.717, 1.165) is 0 Å². The second-order valence-electron chi connectivity index (χ2n) is 3.88. The number of ether oxygens (including phenoxy) is 1. The molecule has 0 aliphatic rings. The van der Waals surface area contributed by atoms with Crippen LogP contribution in [0.5, 0.6) is 5.75 Å². The molecule has 0 saturated carbocycles. The van der Waals surface area contributed by atoms with Crippen molar-refractivity contribution >= 4 is 6.29 Å². The highest BCUT2D eigenvalue weighted by Gasteiger charge is 2.09. The van der Waals surface area contributed by atoms with Crippen molar-refractivity contribution < 1.29 is 13.9 Å². The summed E-state index contributed by atoms with van der Waals surface area (Å²) in [7, 11) is 1.47. The summed E-state index contributed by atoms with van der Waals surface area (Å²) >= 11 is 0. The van der Waals surface area contributed by atoms with Gasteiger partial charge in [0.2, 0.25) is 0 Å². The maximum absolute atomic E-state index is 13.1. The van der Waals surface area contributed by atoms with Crippen LogP contribution in [0, 0.1) is 17.1 Å². The van der Waals surface area contributed by atoms with Crippen molar-refractivity contribution in [3.63, 3.8) is 0 Å². The molecule has 2 rings (SSSR count). The van der Waals surface area contributed by atoms with Gasteiger partial charge in [0.25, 0.3) is 0 Å². The molecule has 0 amide bonds. The molecule has 0 aliphatic carbocycles. The van der Waals surface area contributed by atoms with Gasteiger partial charge in [0, 0.05) is 0 Å². The first-order valence-corrected chi connectivity index (χ1v) is 5.53. The zero-order valence-electron chi connectivity index (χ0n) is 10.2. The van der Waals surface area contributed by atoms with Crippen LogP contribution in [-0.2, 0) is 0 Å². The fourth-order valence-corrected chi connectivity index (χ4v) is 1.85. The predicted molar refractivity (Wildman–Crippen MR) is 68.5 cm³/mol. The minimum atomic E-state index is -0.468. The SMILES string of the molecule is COc1ccc(-c2ccc(F)cc2C#N)cc1C=O. The highest BCUT2D eigenvalue weighted by molar-refractivity contribution is 5.84. The summed E-state index contributed by atoms with van der Waals surface area (Å²) in [6.45, 7) is 0. The monoisotopic (exact) mass is 255 g/mol. The summed E-state index contributed by atoms with van der Waals surface area (Å²) in [5.41, 5.74) is 1.85. The van der Waals surface area contributed by atoms with E-state index in [1.807, 2.05) is 6.07 Å². The van der Waals surface area contributed by atoms with E-state index in [9.17, 15) is 9.18 Å². The first kappa shape index (κ1) is 12.8. The van der Waals surface area contributed by atoms with Gasteiger partial charge in [-0.15, -0.1) is 0 Å². The second kappa shape index (κ2) is 5.32. The number of rotatable bonds is 3. The smallest absolute Gasteiger partial charge is 0.153 e. The highest BCUT2D eigenvalue weighted by Crippen LogP contribution is 2.28. The Morgan fingerprint density at radius 3 is 2.68 bits per heavy atom. The van der Waals surface area contributed by atoms with Crippen molar-refractivity contribution in [2.24, 2.45) is 0 Å². The molecule has 2 aromatic rings. The number of aldehydes is 1. The molecular weight excluding hydrogens is 245 g/mol. The molecule has 0 aliphatic heterocycles. The van der Waals surface area contributed by atoms with Crippen LogP contribution in [-0.4, -0.2) is 13.4 Å². The van der Waals surface area contributed by atoms with Crippen molar-refractivity contribution in [1.29, 1.82) is 5.26 Å². The summed E-state index contributed by atoms with van der Waals surface area (Å²) in [5.74, 6) is -0.0104. The lowest BCUT2D eigenvalue weighted by Gasteiger charge is -2.08. The number of nitriles is 1. The molecule has 4 heteroatoms. The minimum absolute atomic E-state index is 0.224. The van der Waals surface area contributed by atoms with E-state index in [0.29, 0.717) is 28.7 Å². The number of benzene rings is 2. The molecule has 0 N–H and O–H groups in total.